The van der Waals surface area contributed by atoms with E-state index >= 15 is 0 Å². The van der Waals surface area contributed by atoms with Crippen molar-refractivity contribution in [3.8, 4) is 6.07 Å². The van der Waals surface area contributed by atoms with Gasteiger partial charge >= 0.3 is 0 Å². The van der Waals surface area contributed by atoms with Gasteiger partial charge in [0, 0.05) is 32.7 Å². The van der Waals surface area contributed by atoms with E-state index in [1.54, 1.807) is 17.5 Å². The predicted octanol–water partition coefficient (Wildman–Crippen LogP) is 4.05. The third-order valence-electron chi connectivity index (χ3n) is 5.95. The van der Waals surface area contributed by atoms with Gasteiger partial charge in [-0.2, -0.15) is 5.26 Å². The molecule has 1 fully saturated rings. The van der Waals surface area contributed by atoms with E-state index in [2.05, 4.69) is 26.9 Å². The smallest absolute Gasteiger partial charge is 0.209 e. The molecule has 0 aliphatic carbocycles. The fourth-order valence-electron chi connectivity index (χ4n) is 4.19. The molecule has 3 heterocycles. The molecule has 7 nitrogen and oxygen atoms in total. The van der Waals surface area contributed by atoms with Crippen LogP contribution in [-0.4, -0.2) is 49.5 Å². The molecule has 4 aromatic rings. The van der Waals surface area contributed by atoms with Gasteiger partial charge in [-0.15, -0.1) is 11.3 Å². The van der Waals surface area contributed by atoms with Gasteiger partial charge in [-0.05, 0) is 29.1 Å². The second kappa shape index (κ2) is 9.50. The molecule has 2 aromatic heterocycles. The highest BCUT2D eigenvalue weighted by molar-refractivity contribution is 7.93. The maximum absolute atomic E-state index is 13.3. The lowest BCUT2D eigenvalue weighted by molar-refractivity contribution is 0.249. The molecule has 0 amide bonds. The van der Waals surface area contributed by atoms with Crippen LogP contribution in [0.15, 0.2) is 76.3 Å². The fraction of sp³-hybridized carbons (Fsp3) is 0.240. The molecular weight excluding hydrogens is 466 g/mol. The number of nitrogens with zero attached hydrogens (tertiary/aromatic N) is 5. The van der Waals surface area contributed by atoms with E-state index in [9.17, 15) is 13.7 Å². The highest BCUT2D eigenvalue weighted by Crippen LogP contribution is 2.35. The van der Waals surface area contributed by atoms with Crippen molar-refractivity contribution in [3.63, 3.8) is 0 Å². The summed E-state index contributed by atoms with van der Waals surface area (Å²) in [7, 11) is -3.92. The van der Waals surface area contributed by atoms with E-state index in [0.717, 1.165) is 31.0 Å². The van der Waals surface area contributed by atoms with Crippen LogP contribution in [-0.2, 0) is 16.4 Å². The van der Waals surface area contributed by atoms with Crippen LogP contribution in [0.2, 0.25) is 0 Å². The maximum Gasteiger partial charge on any atom is 0.209 e. The SMILES string of the molecule is N#C[C@@H](c1nc2ccccc2nc1N1CCN(Cc2ccccc2)CC1)S(=O)(=O)c1cccs1. The van der Waals surface area contributed by atoms with Crippen molar-refractivity contribution in [1.82, 2.24) is 14.9 Å². The Labute approximate surface area is 202 Å². The summed E-state index contributed by atoms with van der Waals surface area (Å²) in [6.45, 7) is 3.81. The fourth-order valence-corrected chi connectivity index (χ4v) is 6.72. The van der Waals surface area contributed by atoms with Crippen LogP contribution in [0.3, 0.4) is 0 Å². The second-order valence-electron chi connectivity index (χ2n) is 8.16. The first-order valence-electron chi connectivity index (χ1n) is 11.0. The third-order valence-corrected chi connectivity index (χ3v) is 9.24. The Kier molecular flexibility index (Phi) is 6.28. The highest BCUT2D eigenvalue weighted by Gasteiger charge is 2.36. The van der Waals surface area contributed by atoms with E-state index in [-0.39, 0.29) is 9.90 Å². The molecule has 0 N–H and O–H groups in total. The molecule has 1 aliphatic heterocycles. The van der Waals surface area contributed by atoms with Crippen molar-refractivity contribution in [3.05, 3.63) is 83.4 Å². The summed E-state index contributed by atoms with van der Waals surface area (Å²) < 4.78 is 26.8. The van der Waals surface area contributed by atoms with Crippen LogP contribution in [0, 0.1) is 11.3 Å². The molecule has 0 saturated carbocycles. The van der Waals surface area contributed by atoms with Gasteiger partial charge in [0.2, 0.25) is 9.84 Å². The maximum atomic E-state index is 13.3. The molecule has 0 spiro atoms. The van der Waals surface area contributed by atoms with Crippen molar-refractivity contribution in [1.29, 1.82) is 5.26 Å². The summed E-state index contributed by atoms with van der Waals surface area (Å²) in [5.41, 5.74) is 2.71. The van der Waals surface area contributed by atoms with Crippen LogP contribution in [0.5, 0.6) is 0 Å². The van der Waals surface area contributed by atoms with Crippen molar-refractivity contribution >= 4 is 38.0 Å². The summed E-state index contributed by atoms with van der Waals surface area (Å²) in [6.07, 6.45) is 0. The van der Waals surface area contributed by atoms with Gasteiger partial charge in [0.05, 0.1) is 17.1 Å². The minimum absolute atomic E-state index is 0.160. The molecular formula is C25H23N5O2S2. The number of anilines is 1. The number of aromatic nitrogens is 2. The van der Waals surface area contributed by atoms with Gasteiger partial charge < -0.3 is 4.90 Å². The molecule has 34 heavy (non-hydrogen) atoms. The van der Waals surface area contributed by atoms with Gasteiger partial charge in [-0.25, -0.2) is 18.4 Å². The lowest BCUT2D eigenvalue weighted by Crippen LogP contribution is -2.46. The summed E-state index contributed by atoms with van der Waals surface area (Å²) in [6, 6.07) is 22.9. The second-order valence-corrected chi connectivity index (χ2v) is 11.4. The number of hydrogen-bond donors (Lipinski definition) is 0. The Bertz CT molecular complexity index is 1430. The Morgan fingerprint density at radius 1 is 0.912 bits per heavy atom. The first-order valence-corrected chi connectivity index (χ1v) is 13.4. The van der Waals surface area contributed by atoms with Gasteiger partial charge in [-0.3, -0.25) is 4.90 Å². The average Bonchev–Trinajstić information content (AvgIpc) is 3.41. The Balaban J connectivity index is 1.49. The highest BCUT2D eigenvalue weighted by atomic mass is 32.2. The van der Waals surface area contributed by atoms with Crippen molar-refractivity contribution in [2.45, 2.75) is 16.0 Å². The van der Waals surface area contributed by atoms with Crippen LogP contribution in [0.1, 0.15) is 16.5 Å². The van der Waals surface area contributed by atoms with E-state index in [0.29, 0.717) is 29.9 Å². The summed E-state index contributed by atoms with van der Waals surface area (Å²) in [4.78, 5) is 13.9. The molecule has 172 valence electrons. The topological polar surface area (TPSA) is 90.2 Å². The molecule has 0 bridgehead atoms. The third kappa shape index (κ3) is 4.40. The van der Waals surface area contributed by atoms with Crippen molar-refractivity contribution in [2.75, 3.05) is 31.1 Å². The van der Waals surface area contributed by atoms with E-state index in [4.69, 9.17) is 4.98 Å². The van der Waals surface area contributed by atoms with Crippen LogP contribution >= 0.6 is 11.3 Å². The Hall–Kier alpha value is -3.32. The minimum atomic E-state index is -3.92. The number of nitriles is 1. The van der Waals surface area contributed by atoms with E-state index in [1.807, 2.05) is 42.5 Å². The molecule has 1 atom stereocenters. The Morgan fingerprint density at radius 2 is 1.59 bits per heavy atom. The monoisotopic (exact) mass is 489 g/mol. The summed E-state index contributed by atoms with van der Waals surface area (Å²) in [5, 5.41) is 10.3. The Morgan fingerprint density at radius 3 is 2.24 bits per heavy atom. The molecule has 2 aromatic carbocycles. The molecule has 5 rings (SSSR count). The standard InChI is InChI=1S/C25H23N5O2S2/c26-17-22(34(31,32)23-11-6-16-33-23)24-25(28-21-10-5-4-9-20(21)27-24)30-14-12-29(13-15-30)18-19-7-2-1-3-8-19/h1-11,16,22H,12-15,18H2/t22-/m0/s1. The zero-order valence-electron chi connectivity index (χ0n) is 18.4. The summed E-state index contributed by atoms with van der Waals surface area (Å²) in [5.74, 6) is 0.477. The first kappa shape index (κ1) is 22.5. The molecule has 9 heteroatoms. The normalized spacial score (nSPS) is 15.8. The van der Waals surface area contributed by atoms with Crippen LogP contribution in [0.25, 0.3) is 11.0 Å². The number of fused-ring (bicyclic) bond motifs is 1. The quantitative estimate of drug-likeness (QED) is 0.404. The van der Waals surface area contributed by atoms with Gasteiger partial charge in [-0.1, -0.05) is 48.5 Å². The van der Waals surface area contributed by atoms with Gasteiger partial charge in [0.15, 0.2) is 11.1 Å². The molecule has 0 unspecified atom stereocenters. The number of para-hydroxylation sites is 2. The molecule has 1 aliphatic rings. The minimum Gasteiger partial charge on any atom is -0.352 e. The molecule has 1 saturated heterocycles. The lowest BCUT2D eigenvalue weighted by atomic mass is 10.2. The van der Waals surface area contributed by atoms with Crippen molar-refractivity contribution in [2.24, 2.45) is 0 Å². The largest absolute Gasteiger partial charge is 0.352 e. The van der Waals surface area contributed by atoms with Crippen LogP contribution in [0.4, 0.5) is 5.82 Å². The number of hydrogen-bond acceptors (Lipinski definition) is 8. The average molecular weight is 490 g/mol. The first-order chi connectivity index (χ1) is 16.6. The van der Waals surface area contributed by atoms with Gasteiger partial charge in [0.1, 0.15) is 9.90 Å². The van der Waals surface area contributed by atoms with Gasteiger partial charge in [0.25, 0.3) is 0 Å². The lowest BCUT2D eigenvalue weighted by Gasteiger charge is -2.36. The zero-order valence-corrected chi connectivity index (χ0v) is 20.0. The molecule has 0 radical (unpaired) electrons. The van der Waals surface area contributed by atoms with E-state index < -0.39 is 15.1 Å². The number of piperazine rings is 1. The number of benzene rings is 2. The van der Waals surface area contributed by atoms with Crippen molar-refractivity contribution < 1.29 is 8.42 Å². The number of rotatable bonds is 6. The van der Waals surface area contributed by atoms with Crippen LogP contribution < -0.4 is 4.90 Å². The summed E-state index contributed by atoms with van der Waals surface area (Å²) >= 11 is 1.11. The predicted molar refractivity (Wildman–Crippen MR) is 133 cm³/mol. The van der Waals surface area contributed by atoms with E-state index in [1.165, 1.54) is 11.6 Å². The number of sulfone groups is 1. The zero-order chi connectivity index (χ0) is 23.5. The number of thiophene rings is 1.